The van der Waals surface area contributed by atoms with Crippen LogP contribution in [0.1, 0.15) is 44.0 Å². The summed E-state index contributed by atoms with van der Waals surface area (Å²) in [5.74, 6) is 6.15. The van der Waals surface area contributed by atoms with Crippen LogP contribution < -0.4 is 11.3 Å². The maximum atomic E-state index is 12.5. The molecule has 0 radical (unpaired) electrons. The van der Waals surface area contributed by atoms with Gasteiger partial charge in [-0.25, -0.2) is 0 Å². The summed E-state index contributed by atoms with van der Waals surface area (Å²) in [5.41, 5.74) is 4.03. The van der Waals surface area contributed by atoms with Gasteiger partial charge in [-0.1, -0.05) is 20.8 Å². The molecule has 1 aromatic heterocycles. The number of hydrazine groups is 1. The topological polar surface area (TPSA) is 71.2 Å². The number of nitrogens with zero attached hydrogens (tertiary/aromatic N) is 2. The Morgan fingerprint density at radius 2 is 2.05 bits per heavy atom. The smallest absolute Gasteiger partial charge is 0.256 e. The third kappa shape index (κ3) is 3.10. The van der Waals surface area contributed by atoms with Crippen LogP contribution in [-0.2, 0) is 0 Å². The maximum absolute atomic E-state index is 12.5. The molecular weight excluding hydrogens is 252 g/mol. The number of aromatic nitrogens is 1. The minimum Gasteiger partial charge on any atom is -0.339 e. The van der Waals surface area contributed by atoms with Crippen LogP contribution in [0, 0.1) is 11.3 Å². The van der Waals surface area contributed by atoms with E-state index in [4.69, 9.17) is 5.84 Å². The van der Waals surface area contributed by atoms with Crippen molar-refractivity contribution in [2.45, 2.75) is 33.6 Å². The number of pyridine rings is 1. The molecule has 20 heavy (non-hydrogen) atoms. The number of piperidine rings is 1. The molecule has 2 rings (SSSR count). The fourth-order valence-electron chi connectivity index (χ4n) is 2.81. The average Bonchev–Trinajstić information content (AvgIpc) is 2.45. The number of hydrogen-bond acceptors (Lipinski definition) is 4. The summed E-state index contributed by atoms with van der Waals surface area (Å²) >= 11 is 0. The lowest BCUT2D eigenvalue weighted by Crippen LogP contribution is -2.41. The highest BCUT2D eigenvalue weighted by Gasteiger charge is 2.31. The highest BCUT2D eigenvalue weighted by atomic mass is 16.2. The number of anilines is 1. The van der Waals surface area contributed by atoms with E-state index in [1.165, 1.54) is 0 Å². The van der Waals surface area contributed by atoms with Crippen LogP contribution >= 0.6 is 0 Å². The van der Waals surface area contributed by atoms with E-state index in [1.54, 1.807) is 18.5 Å². The first kappa shape index (κ1) is 14.8. The molecule has 0 saturated carbocycles. The summed E-state index contributed by atoms with van der Waals surface area (Å²) in [6.07, 6.45) is 5.32. The molecule has 110 valence electrons. The minimum absolute atomic E-state index is 0.0349. The zero-order valence-electron chi connectivity index (χ0n) is 12.5. The number of likely N-dealkylation sites (tertiary alicyclic amines) is 1. The zero-order valence-corrected chi connectivity index (χ0v) is 12.5. The highest BCUT2D eigenvalue weighted by Crippen LogP contribution is 2.34. The van der Waals surface area contributed by atoms with Crippen molar-refractivity contribution in [3.63, 3.8) is 0 Å². The van der Waals surface area contributed by atoms with E-state index in [-0.39, 0.29) is 5.91 Å². The second-order valence-electron chi connectivity index (χ2n) is 6.50. The summed E-state index contributed by atoms with van der Waals surface area (Å²) in [7, 11) is 0. The van der Waals surface area contributed by atoms with Crippen molar-refractivity contribution in [2.75, 3.05) is 18.5 Å². The van der Waals surface area contributed by atoms with Crippen LogP contribution in [0.4, 0.5) is 5.69 Å². The number of rotatable bonds is 2. The molecule has 1 aliphatic rings. The lowest BCUT2D eigenvalue weighted by atomic mass is 9.75. The first-order valence-electron chi connectivity index (χ1n) is 7.13. The van der Waals surface area contributed by atoms with Gasteiger partial charge in [0.2, 0.25) is 0 Å². The molecule has 0 aromatic carbocycles. The molecule has 5 nitrogen and oxygen atoms in total. The lowest BCUT2D eigenvalue weighted by Gasteiger charge is -2.38. The van der Waals surface area contributed by atoms with E-state index < -0.39 is 0 Å². The van der Waals surface area contributed by atoms with Crippen molar-refractivity contribution >= 4 is 11.6 Å². The summed E-state index contributed by atoms with van der Waals surface area (Å²) in [6, 6.07) is 1.72. The Kier molecular flexibility index (Phi) is 4.28. The number of carbonyl (C=O) groups is 1. The van der Waals surface area contributed by atoms with Crippen molar-refractivity contribution in [1.29, 1.82) is 0 Å². The van der Waals surface area contributed by atoms with E-state index in [0.29, 0.717) is 22.6 Å². The molecule has 1 saturated heterocycles. The van der Waals surface area contributed by atoms with Gasteiger partial charge >= 0.3 is 0 Å². The number of amides is 1. The summed E-state index contributed by atoms with van der Waals surface area (Å²) < 4.78 is 0. The fourth-order valence-corrected chi connectivity index (χ4v) is 2.81. The average molecular weight is 276 g/mol. The standard InChI is InChI=1S/C15H24N4O/c1-15(2,3)11-5-8-19(9-6-11)14(20)12-4-7-17-10-13(12)18-16/h4,7,10-11,18H,5-6,8-9,16H2,1-3H3. The van der Waals surface area contributed by atoms with Gasteiger partial charge in [-0.2, -0.15) is 0 Å². The molecule has 5 heteroatoms. The van der Waals surface area contributed by atoms with Crippen molar-refractivity contribution in [1.82, 2.24) is 9.88 Å². The quantitative estimate of drug-likeness (QED) is 0.642. The summed E-state index contributed by atoms with van der Waals surface area (Å²) in [4.78, 5) is 18.4. The third-order valence-electron chi connectivity index (χ3n) is 4.21. The second-order valence-corrected chi connectivity index (χ2v) is 6.50. The van der Waals surface area contributed by atoms with Gasteiger partial charge in [0.1, 0.15) is 0 Å². The molecule has 0 bridgehead atoms. The molecule has 1 aliphatic heterocycles. The second kappa shape index (κ2) is 5.79. The van der Waals surface area contributed by atoms with Crippen LogP contribution in [0.3, 0.4) is 0 Å². The number of carbonyl (C=O) groups excluding carboxylic acids is 1. The molecule has 1 aromatic rings. The zero-order chi connectivity index (χ0) is 14.8. The highest BCUT2D eigenvalue weighted by molar-refractivity contribution is 5.99. The molecule has 3 N–H and O–H groups in total. The molecule has 2 heterocycles. The maximum Gasteiger partial charge on any atom is 0.256 e. The number of hydrogen-bond donors (Lipinski definition) is 2. The lowest BCUT2D eigenvalue weighted by molar-refractivity contribution is 0.0609. The van der Waals surface area contributed by atoms with Gasteiger partial charge in [-0.3, -0.25) is 15.6 Å². The molecule has 0 unspecified atom stereocenters. The SMILES string of the molecule is CC(C)(C)C1CCN(C(=O)c2ccncc2NN)CC1. The van der Waals surface area contributed by atoms with E-state index >= 15 is 0 Å². The number of nitrogens with one attached hydrogen (secondary N) is 1. The third-order valence-corrected chi connectivity index (χ3v) is 4.21. The fraction of sp³-hybridized carbons (Fsp3) is 0.600. The van der Waals surface area contributed by atoms with Gasteiger partial charge < -0.3 is 10.3 Å². The van der Waals surface area contributed by atoms with Gasteiger partial charge in [0.25, 0.3) is 5.91 Å². The van der Waals surface area contributed by atoms with Crippen molar-refractivity contribution in [3.05, 3.63) is 24.0 Å². The Morgan fingerprint density at radius 1 is 1.40 bits per heavy atom. The van der Waals surface area contributed by atoms with Crippen LogP contribution in [0.15, 0.2) is 18.5 Å². The van der Waals surface area contributed by atoms with E-state index in [1.807, 2.05) is 4.90 Å². The summed E-state index contributed by atoms with van der Waals surface area (Å²) in [5, 5.41) is 0. The first-order valence-corrected chi connectivity index (χ1v) is 7.13. The molecule has 0 spiro atoms. The van der Waals surface area contributed by atoms with E-state index in [2.05, 4.69) is 31.2 Å². The predicted molar refractivity (Wildman–Crippen MR) is 80.1 cm³/mol. The van der Waals surface area contributed by atoms with Crippen LogP contribution in [-0.4, -0.2) is 28.9 Å². The van der Waals surface area contributed by atoms with E-state index in [0.717, 1.165) is 25.9 Å². The van der Waals surface area contributed by atoms with E-state index in [9.17, 15) is 4.79 Å². The minimum atomic E-state index is 0.0349. The Labute approximate surface area is 120 Å². The predicted octanol–water partition coefficient (Wildman–Crippen LogP) is 2.27. The van der Waals surface area contributed by atoms with Gasteiger partial charge in [0, 0.05) is 19.3 Å². The Morgan fingerprint density at radius 3 is 2.60 bits per heavy atom. The van der Waals surface area contributed by atoms with Crippen molar-refractivity contribution < 1.29 is 4.79 Å². The Hall–Kier alpha value is -1.62. The molecular formula is C15H24N4O. The molecule has 0 atom stereocenters. The monoisotopic (exact) mass is 276 g/mol. The number of nitrogen functional groups attached to an aromatic ring is 1. The molecule has 1 fully saturated rings. The normalized spacial score (nSPS) is 17.1. The van der Waals surface area contributed by atoms with Crippen molar-refractivity contribution in [2.24, 2.45) is 17.2 Å². The van der Waals surface area contributed by atoms with Gasteiger partial charge in [-0.15, -0.1) is 0 Å². The summed E-state index contributed by atoms with van der Waals surface area (Å²) in [6.45, 7) is 8.44. The van der Waals surface area contributed by atoms with Crippen LogP contribution in [0.2, 0.25) is 0 Å². The largest absolute Gasteiger partial charge is 0.339 e. The van der Waals surface area contributed by atoms with Crippen LogP contribution in [0.5, 0.6) is 0 Å². The van der Waals surface area contributed by atoms with Crippen LogP contribution in [0.25, 0.3) is 0 Å². The van der Waals surface area contributed by atoms with Gasteiger partial charge in [-0.05, 0) is 30.2 Å². The molecule has 0 aliphatic carbocycles. The van der Waals surface area contributed by atoms with Crippen molar-refractivity contribution in [3.8, 4) is 0 Å². The first-order chi connectivity index (χ1) is 9.43. The Bertz CT molecular complexity index is 473. The molecule has 1 amide bonds. The van der Waals surface area contributed by atoms with Gasteiger partial charge in [0.05, 0.1) is 17.4 Å². The van der Waals surface area contributed by atoms with Gasteiger partial charge in [0.15, 0.2) is 0 Å². The Balaban J connectivity index is 2.05. The number of nitrogens with two attached hydrogens (primary N) is 1.